The second-order valence-corrected chi connectivity index (χ2v) is 3.34. The summed E-state index contributed by atoms with van der Waals surface area (Å²) in [6.45, 7) is 1.92. The summed E-state index contributed by atoms with van der Waals surface area (Å²) in [5.74, 6) is 6.26. The summed E-state index contributed by atoms with van der Waals surface area (Å²) in [6, 6.07) is 1.76. The minimum Gasteiger partial charge on any atom is -0.337 e. The van der Waals surface area contributed by atoms with Gasteiger partial charge < -0.3 is 5.32 Å². The summed E-state index contributed by atoms with van der Waals surface area (Å²) in [5, 5.41) is 7.36. The van der Waals surface area contributed by atoms with E-state index in [-0.39, 0.29) is 0 Å². The normalized spacial score (nSPS) is 10.2. The minimum atomic E-state index is 0.367. The standard InChI is InChI=1S/C9H13N7/c1-6-7(5-16(2)15-6)12-8-3-4-11-9(13-8)14-10/h3-5H,10H2,1-2H3,(H2,11,12,13,14). The van der Waals surface area contributed by atoms with Crippen LogP contribution in [0.5, 0.6) is 0 Å². The van der Waals surface area contributed by atoms with Gasteiger partial charge in [-0.3, -0.25) is 10.1 Å². The highest BCUT2D eigenvalue weighted by Gasteiger charge is 2.04. The van der Waals surface area contributed by atoms with Gasteiger partial charge in [0.05, 0.1) is 11.4 Å². The topological polar surface area (TPSA) is 93.7 Å². The Morgan fingerprint density at radius 1 is 1.44 bits per heavy atom. The molecule has 0 amide bonds. The zero-order chi connectivity index (χ0) is 11.5. The molecule has 7 heteroatoms. The summed E-state index contributed by atoms with van der Waals surface area (Å²) >= 11 is 0. The summed E-state index contributed by atoms with van der Waals surface area (Å²) < 4.78 is 1.74. The number of anilines is 3. The van der Waals surface area contributed by atoms with Crippen LogP contribution in [0.15, 0.2) is 18.5 Å². The summed E-state index contributed by atoms with van der Waals surface area (Å²) in [6.07, 6.45) is 3.50. The zero-order valence-corrected chi connectivity index (χ0v) is 9.10. The molecule has 0 radical (unpaired) electrons. The monoisotopic (exact) mass is 219 g/mol. The first kappa shape index (κ1) is 10.4. The summed E-state index contributed by atoms with van der Waals surface area (Å²) in [7, 11) is 1.87. The molecule has 4 N–H and O–H groups in total. The lowest BCUT2D eigenvalue weighted by Gasteiger charge is -2.04. The Labute approximate surface area is 92.7 Å². The third-order valence-electron chi connectivity index (χ3n) is 2.06. The lowest BCUT2D eigenvalue weighted by molar-refractivity contribution is 0.756. The fourth-order valence-corrected chi connectivity index (χ4v) is 1.36. The molecule has 16 heavy (non-hydrogen) atoms. The van der Waals surface area contributed by atoms with E-state index in [4.69, 9.17) is 5.84 Å². The van der Waals surface area contributed by atoms with Crippen molar-refractivity contribution in [3.63, 3.8) is 0 Å². The number of nitrogens with zero attached hydrogens (tertiary/aromatic N) is 4. The van der Waals surface area contributed by atoms with Crippen molar-refractivity contribution in [1.82, 2.24) is 19.7 Å². The quantitative estimate of drug-likeness (QED) is 0.515. The van der Waals surface area contributed by atoms with E-state index in [0.29, 0.717) is 11.8 Å². The number of rotatable bonds is 3. The maximum Gasteiger partial charge on any atom is 0.239 e. The maximum absolute atomic E-state index is 5.23. The van der Waals surface area contributed by atoms with Crippen molar-refractivity contribution < 1.29 is 0 Å². The molecule has 0 aliphatic carbocycles. The highest BCUT2D eigenvalue weighted by atomic mass is 15.3. The van der Waals surface area contributed by atoms with Crippen LogP contribution >= 0.6 is 0 Å². The van der Waals surface area contributed by atoms with Crippen LogP contribution in [-0.4, -0.2) is 19.7 Å². The average molecular weight is 219 g/mol. The zero-order valence-electron chi connectivity index (χ0n) is 9.10. The molecule has 0 aromatic carbocycles. The van der Waals surface area contributed by atoms with Crippen LogP contribution in [0.1, 0.15) is 5.69 Å². The first-order valence-corrected chi connectivity index (χ1v) is 4.76. The van der Waals surface area contributed by atoms with E-state index >= 15 is 0 Å². The number of aryl methyl sites for hydroxylation is 2. The molecule has 84 valence electrons. The number of hydrogen-bond donors (Lipinski definition) is 3. The lowest BCUT2D eigenvalue weighted by atomic mass is 10.4. The van der Waals surface area contributed by atoms with Gasteiger partial charge >= 0.3 is 0 Å². The number of aromatic nitrogens is 4. The Hall–Kier alpha value is -2.15. The maximum atomic E-state index is 5.23. The van der Waals surface area contributed by atoms with Crippen LogP contribution < -0.4 is 16.6 Å². The highest BCUT2D eigenvalue weighted by molar-refractivity contribution is 5.58. The van der Waals surface area contributed by atoms with Gasteiger partial charge in [0.1, 0.15) is 5.82 Å². The molecular weight excluding hydrogens is 206 g/mol. The molecule has 0 unspecified atom stereocenters. The Morgan fingerprint density at radius 3 is 2.88 bits per heavy atom. The van der Waals surface area contributed by atoms with Crippen LogP contribution in [0.3, 0.4) is 0 Å². The van der Waals surface area contributed by atoms with Crippen molar-refractivity contribution in [2.24, 2.45) is 12.9 Å². The lowest BCUT2D eigenvalue weighted by Crippen LogP contribution is -2.10. The number of hydrogen-bond acceptors (Lipinski definition) is 6. The van der Waals surface area contributed by atoms with E-state index in [9.17, 15) is 0 Å². The van der Waals surface area contributed by atoms with Crippen molar-refractivity contribution in [2.75, 3.05) is 10.7 Å². The van der Waals surface area contributed by atoms with Gasteiger partial charge in [0.2, 0.25) is 5.95 Å². The van der Waals surface area contributed by atoms with Crippen LogP contribution in [-0.2, 0) is 7.05 Å². The van der Waals surface area contributed by atoms with Crippen molar-refractivity contribution in [3.05, 3.63) is 24.2 Å². The third kappa shape index (κ3) is 2.09. The van der Waals surface area contributed by atoms with E-state index in [1.165, 1.54) is 0 Å². The molecular formula is C9H13N7. The summed E-state index contributed by atoms with van der Waals surface area (Å²) in [4.78, 5) is 8.06. The van der Waals surface area contributed by atoms with Gasteiger partial charge in [-0.1, -0.05) is 0 Å². The Balaban J connectivity index is 2.23. The van der Waals surface area contributed by atoms with Gasteiger partial charge in [-0.2, -0.15) is 10.1 Å². The van der Waals surface area contributed by atoms with Crippen LogP contribution in [0.2, 0.25) is 0 Å². The van der Waals surface area contributed by atoms with Gasteiger partial charge in [-0.05, 0) is 13.0 Å². The molecule has 0 atom stereocenters. The van der Waals surface area contributed by atoms with Gasteiger partial charge in [0.15, 0.2) is 0 Å². The van der Waals surface area contributed by atoms with E-state index in [0.717, 1.165) is 11.4 Å². The molecule has 2 heterocycles. The van der Waals surface area contributed by atoms with Gasteiger partial charge in [0, 0.05) is 19.4 Å². The SMILES string of the molecule is Cc1nn(C)cc1Nc1ccnc(NN)n1. The third-order valence-corrected chi connectivity index (χ3v) is 2.06. The first-order valence-electron chi connectivity index (χ1n) is 4.76. The molecule has 2 aromatic heterocycles. The number of nitrogen functional groups attached to an aromatic ring is 1. The van der Waals surface area contributed by atoms with Crippen LogP contribution in [0.4, 0.5) is 17.5 Å². The predicted octanol–water partition coefficient (Wildman–Crippen LogP) is 0.548. The Morgan fingerprint density at radius 2 is 2.25 bits per heavy atom. The molecule has 0 spiro atoms. The molecule has 0 saturated carbocycles. The van der Waals surface area contributed by atoms with Gasteiger partial charge in [-0.15, -0.1) is 0 Å². The van der Waals surface area contributed by atoms with Gasteiger partial charge in [0.25, 0.3) is 0 Å². The molecule has 0 aliphatic heterocycles. The largest absolute Gasteiger partial charge is 0.337 e. The molecule has 0 aliphatic rings. The van der Waals surface area contributed by atoms with Gasteiger partial charge in [-0.25, -0.2) is 10.8 Å². The predicted molar refractivity (Wildman–Crippen MR) is 61.1 cm³/mol. The second-order valence-electron chi connectivity index (χ2n) is 3.34. The fourth-order valence-electron chi connectivity index (χ4n) is 1.36. The number of hydrazine groups is 1. The van der Waals surface area contributed by atoms with E-state index in [2.05, 4.69) is 25.8 Å². The second kappa shape index (κ2) is 4.15. The highest BCUT2D eigenvalue weighted by Crippen LogP contribution is 2.17. The molecule has 0 fully saturated rings. The number of nitrogens with one attached hydrogen (secondary N) is 2. The minimum absolute atomic E-state index is 0.367. The average Bonchev–Trinajstić information content (AvgIpc) is 2.58. The Kier molecular flexibility index (Phi) is 2.69. The van der Waals surface area contributed by atoms with Crippen LogP contribution in [0.25, 0.3) is 0 Å². The molecule has 0 saturated heterocycles. The smallest absolute Gasteiger partial charge is 0.239 e. The first-order chi connectivity index (χ1) is 7.69. The van der Waals surface area contributed by atoms with Crippen LogP contribution in [0, 0.1) is 6.92 Å². The molecule has 0 bridgehead atoms. The number of nitrogens with two attached hydrogens (primary N) is 1. The van der Waals surface area contributed by atoms with Crippen molar-refractivity contribution in [2.45, 2.75) is 6.92 Å². The van der Waals surface area contributed by atoms with E-state index in [1.807, 2.05) is 20.2 Å². The van der Waals surface area contributed by atoms with E-state index in [1.54, 1.807) is 16.9 Å². The Bertz CT molecular complexity index is 490. The molecule has 7 nitrogen and oxygen atoms in total. The fraction of sp³-hybridized carbons (Fsp3) is 0.222. The molecule has 2 aromatic rings. The van der Waals surface area contributed by atoms with Crippen molar-refractivity contribution >= 4 is 17.5 Å². The van der Waals surface area contributed by atoms with Crippen molar-refractivity contribution in [1.29, 1.82) is 0 Å². The van der Waals surface area contributed by atoms with E-state index < -0.39 is 0 Å². The molecule has 2 rings (SSSR count). The van der Waals surface area contributed by atoms with Crippen molar-refractivity contribution in [3.8, 4) is 0 Å². The summed E-state index contributed by atoms with van der Waals surface area (Å²) in [5.41, 5.74) is 4.20.